The summed E-state index contributed by atoms with van der Waals surface area (Å²) in [4.78, 5) is 31.0. The maximum absolute atomic E-state index is 13.3. The summed E-state index contributed by atoms with van der Waals surface area (Å²) in [7, 11) is 0. The van der Waals surface area contributed by atoms with Crippen LogP contribution in [0.4, 0.5) is 5.69 Å². The molecule has 1 N–H and O–H groups in total. The fraction of sp³-hybridized carbons (Fsp3) is 0.391. The molecule has 4 heterocycles. The van der Waals surface area contributed by atoms with E-state index < -0.39 is 0 Å². The molecule has 3 aliphatic heterocycles. The van der Waals surface area contributed by atoms with Gasteiger partial charge in [-0.05, 0) is 30.0 Å². The number of morpholine rings is 1. The maximum atomic E-state index is 13.3. The smallest absolute Gasteiger partial charge is 0.278 e. The molecule has 0 unspecified atom stereocenters. The second-order valence-corrected chi connectivity index (χ2v) is 8.73. The van der Waals surface area contributed by atoms with Crippen LogP contribution < -0.4 is 14.8 Å². The van der Waals surface area contributed by atoms with Gasteiger partial charge in [-0.3, -0.25) is 19.4 Å². The summed E-state index contributed by atoms with van der Waals surface area (Å²) in [5.74, 6) is 0.751. The molecule has 1 saturated heterocycles. The molecule has 5 rings (SSSR count). The first kappa shape index (κ1) is 21.0. The van der Waals surface area contributed by atoms with Gasteiger partial charge < -0.3 is 19.5 Å². The largest absolute Gasteiger partial charge is 0.486 e. The van der Waals surface area contributed by atoms with Crippen LogP contribution in [0.2, 0.25) is 0 Å². The zero-order chi connectivity index (χ0) is 21.9. The Morgan fingerprint density at radius 3 is 2.53 bits per heavy atom. The molecule has 3 aliphatic rings. The van der Waals surface area contributed by atoms with E-state index in [1.165, 1.54) is 16.2 Å². The number of nitrogens with one attached hydrogen (secondary N) is 1. The van der Waals surface area contributed by atoms with Crippen LogP contribution in [0.3, 0.4) is 0 Å². The molecule has 2 amide bonds. The average Bonchev–Trinajstić information content (AvgIpc) is 3.42. The number of imide groups is 1. The molecule has 168 valence electrons. The molecule has 2 aromatic rings. The Bertz CT molecular complexity index is 1030. The van der Waals surface area contributed by atoms with Crippen molar-refractivity contribution in [2.45, 2.75) is 6.42 Å². The Morgan fingerprint density at radius 1 is 0.938 bits per heavy atom. The van der Waals surface area contributed by atoms with Crippen molar-refractivity contribution in [1.29, 1.82) is 0 Å². The van der Waals surface area contributed by atoms with Gasteiger partial charge in [0.2, 0.25) is 0 Å². The summed E-state index contributed by atoms with van der Waals surface area (Å²) in [5.41, 5.74) is 1.40. The number of anilines is 1. The lowest BCUT2D eigenvalue weighted by molar-refractivity contribution is -0.136. The van der Waals surface area contributed by atoms with E-state index >= 15 is 0 Å². The van der Waals surface area contributed by atoms with Crippen LogP contribution in [0.15, 0.2) is 41.4 Å². The van der Waals surface area contributed by atoms with E-state index in [1.54, 1.807) is 6.07 Å². The monoisotopic (exact) mass is 455 g/mol. The number of ether oxygens (including phenoxy) is 3. The number of benzene rings is 1. The van der Waals surface area contributed by atoms with Gasteiger partial charge in [0.1, 0.15) is 18.9 Å². The van der Waals surface area contributed by atoms with Crippen LogP contribution in [0.1, 0.15) is 11.3 Å². The Morgan fingerprint density at radius 2 is 1.75 bits per heavy atom. The van der Waals surface area contributed by atoms with Gasteiger partial charge in [-0.1, -0.05) is 6.07 Å². The minimum absolute atomic E-state index is 0.250. The van der Waals surface area contributed by atoms with E-state index in [0.717, 1.165) is 44.1 Å². The Balaban J connectivity index is 1.35. The first-order chi connectivity index (χ1) is 15.7. The van der Waals surface area contributed by atoms with Gasteiger partial charge in [0, 0.05) is 42.8 Å². The number of thiophene rings is 1. The number of hydrogen-bond donors (Lipinski definition) is 1. The zero-order valence-corrected chi connectivity index (χ0v) is 18.5. The molecule has 1 aromatic heterocycles. The molecule has 1 fully saturated rings. The molecule has 0 spiro atoms. The van der Waals surface area contributed by atoms with Gasteiger partial charge in [0.25, 0.3) is 11.8 Å². The van der Waals surface area contributed by atoms with Crippen molar-refractivity contribution in [2.24, 2.45) is 0 Å². The van der Waals surface area contributed by atoms with E-state index in [0.29, 0.717) is 48.2 Å². The number of carbonyl (C=O) groups is 2. The van der Waals surface area contributed by atoms with Crippen molar-refractivity contribution < 1.29 is 23.8 Å². The number of carbonyl (C=O) groups excluding carboxylic acids is 2. The Kier molecular flexibility index (Phi) is 6.11. The van der Waals surface area contributed by atoms with Crippen LogP contribution in [0.5, 0.6) is 11.5 Å². The summed E-state index contributed by atoms with van der Waals surface area (Å²) in [6, 6.07) is 9.18. The summed E-state index contributed by atoms with van der Waals surface area (Å²) < 4.78 is 16.6. The fourth-order valence-corrected chi connectivity index (χ4v) is 4.86. The van der Waals surface area contributed by atoms with Gasteiger partial charge in [0.05, 0.1) is 18.8 Å². The molecule has 0 aliphatic carbocycles. The normalized spacial score (nSPS) is 19.1. The van der Waals surface area contributed by atoms with Crippen LogP contribution >= 0.6 is 11.3 Å². The van der Waals surface area contributed by atoms with Gasteiger partial charge >= 0.3 is 0 Å². The number of hydrogen-bond acceptors (Lipinski definition) is 8. The maximum Gasteiger partial charge on any atom is 0.278 e. The number of rotatable bonds is 7. The van der Waals surface area contributed by atoms with Crippen LogP contribution in [0.25, 0.3) is 5.57 Å². The first-order valence-electron chi connectivity index (χ1n) is 10.8. The Labute approximate surface area is 190 Å². The van der Waals surface area contributed by atoms with Crippen molar-refractivity contribution in [3.8, 4) is 11.5 Å². The van der Waals surface area contributed by atoms with Crippen molar-refractivity contribution >= 4 is 34.4 Å². The third kappa shape index (κ3) is 4.23. The highest BCUT2D eigenvalue weighted by Gasteiger charge is 2.39. The molecular weight excluding hydrogens is 430 g/mol. The minimum atomic E-state index is -0.296. The van der Waals surface area contributed by atoms with E-state index in [4.69, 9.17) is 14.2 Å². The molecule has 0 bridgehead atoms. The van der Waals surface area contributed by atoms with E-state index in [-0.39, 0.29) is 11.8 Å². The fourth-order valence-electron chi connectivity index (χ4n) is 4.09. The summed E-state index contributed by atoms with van der Waals surface area (Å²) in [6.45, 7) is 5.45. The third-order valence-electron chi connectivity index (χ3n) is 5.71. The van der Waals surface area contributed by atoms with Crippen molar-refractivity contribution in [3.05, 3.63) is 46.3 Å². The number of amides is 2. The third-order valence-corrected chi connectivity index (χ3v) is 6.59. The molecule has 1 aromatic carbocycles. The second kappa shape index (κ2) is 9.32. The van der Waals surface area contributed by atoms with E-state index in [1.807, 2.05) is 29.6 Å². The molecule has 9 heteroatoms. The molecule has 0 saturated carbocycles. The highest BCUT2D eigenvalue weighted by molar-refractivity contribution is 7.11. The summed E-state index contributed by atoms with van der Waals surface area (Å²) in [5, 5.41) is 5.10. The lowest BCUT2D eigenvalue weighted by atomic mass is 10.1. The summed E-state index contributed by atoms with van der Waals surface area (Å²) in [6.07, 6.45) is 0.729. The minimum Gasteiger partial charge on any atom is -0.486 e. The molecule has 0 radical (unpaired) electrons. The van der Waals surface area contributed by atoms with E-state index in [9.17, 15) is 9.59 Å². The highest BCUT2D eigenvalue weighted by Crippen LogP contribution is 2.36. The van der Waals surface area contributed by atoms with Crippen molar-refractivity contribution in [3.63, 3.8) is 0 Å². The van der Waals surface area contributed by atoms with Crippen LogP contribution in [-0.4, -0.2) is 74.2 Å². The van der Waals surface area contributed by atoms with E-state index in [2.05, 4.69) is 10.2 Å². The standard InChI is InChI=1S/C23H25N3O5S/c27-22-20(19-3-1-14-32-19)21(24-16-4-5-17-18(15-16)31-13-12-30-17)23(28)26(22)7-2-6-25-8-10-29-11-9-25/h1,3-5,14-15,24H,2,6-13H2. The molecular formula is C23H25N3O5S. The van der Waals surface area contributed by atoms with Gasteiger partial charge in [-0.25, -0.2) is 0 Å². The number of nitrogens with zero attached hydrogens (tertiary/aromatic N) is 2. The first-order valence-corrected chi connectivity index (χ1v) is 11.7. The van der Waals surface area contributed by atoms with Gasteiger partial charge in [-0.2, -0.15) is 0 Å². The lowest BCUT2D eigenvalue weighted by Gasteiger charge is -2.27. The van der Waals surface area contributed by atoms with Gasteiger partial charge in [-0.15, -0.1) is 11.3 Å². The second-order valence-electron chi connectivity index (χ2n) is 7.78. The zero-order valence-electron chi connectivity index (χ0n) is 17.7. The van der Waals surface area contributed by atoms with Gasteiger partial charge in [0.15, 0.2) is 11.5 Å². The van der Waals surface area contributed by atoms with Crippen LogP contribution in [0, 0.1) is 0 Å². The lowest BCUT2D eigenvalue weighted by Crippen LogP contribution is -2.39. The average molecular weight is 456 g/mol. The molecule has 8 nitrogen and oxygen atoms in total. The molecule has 0 atom stereocenters. The number of fused-ring (bicyclic) bond motifs is 1. The predicted octanol–water partition coefficient (Wildman–Crippen LogP) is 2.43. The highest BCUT2D eigenvalue weighted by atomic mass is 32.1. The molecule has 32 heavy (non-hydrogen) atoms. The summed E-state index contributed by atoms with van der Waals surface area (Å²) >= 11 is 1.45. The van der Waals surface area contributed by atoms with Crippen molar-refractivity contribution in [1.82, 2.24) is 9.80 Å². The topological polar surface area (TPSA) is 80.3 Å². The predicted molar refractivity (Wildman–Crippen MR) is 121 cm³/mol. The quantitative estimate of drug-likeness (QED) is 0.643. The Hall–Kier alpha value is -2.88. The SMILES string of the molecule is O=C1C(Nc2ccc3c(c2)OCCO3)=C(c2cccs2)C(=O)N1CCCN1CCOCC1. The van der Waals surface area contributed by atoms with Crippen LogP contribution in [-0.2, 0) is 14.3 Å². The van der Waals surface area contributed by atoms with Crippen molar-refractivity contribution in [2.75, 3.05) is 57.9 Å².